The van der Waals surface area contributed by atoms with Crippen molar-refractivity contribution < 1.29 is 17.9 Å². The molecular formula is C21H26N2O4S. The molecule has 0 radical (unpaired) electrons. The largest absolute Gasteiger partial charge is 0.496 e. The molecule has 0 spiro atoms. The minimum absolute atomic E-state index is 0.0796. The van der Waals surface area contributed by atoms with Gasteiger partial charge in [-0.1, -0.05) is 6.07 Å². The topological polar surface area (TPSA) is 75.7 Å². The molecule has 2 aromatic carbocycles. The lowest BCUT2D eigenvalue weighted by atomic mass is 10.1. The average Bonchev–Trinajstić information content (AvgIpc) is 2.65. The van der Waals surface area contributed by atoms with E-state index in [-0.39, 0.29) is 10.8 Å². The van der Waals surface area contributed by atoms with Crippen molar-refractivity contribution in [1.29, 1.82) is 0 Å². The van der Waals surface area contributed by atoms with E-state index in [2.05, 4.69) is 4.72 Å². The summed E-state index contributed by atoms with van der Waals surface area (Å²) in [5, 5.41) is 0. The molecule has 28 heavy (non-hydrogen) atoms. The Hall–Kier alpha value is -2.54. The minimum Gasteiger partial charge on any atom is -0.496 e. The van der Waals surface area contributed by atoms with Gasteiger partial charge in [0.15, 0.2) is 0 Å². The zero-order chi connectivity index (χ0) is 20.5. The van der Waals surface area contributed by atoms with E-state index in [1.165, 1.54) is 0 Å². The van der Waals surface area contributed by atoms with Crippen molar-refractivity contribution in [1.82, 2.24) is 0 Å². The summed E-state index contributed by atoms with van der Waals surface area (Å²) in [4.78, 5) is 14.2. The molecule has 1 N–H and O–H groups in total. The quantitative estimate of drug-likeness (QED) is 0.822. The number of piperidine rings is 1. The number of hydrogen-bond acceptors (Lipinski definition) is 4. The first kappa shape index (κ1) is 20.2. The number of methoxy groups -OCH3 is 1. The van der Waals surface area contributed by atoms with E-state index in [9.17, 15) is 13.2 Å². The first-order valence-corrected chi connectivity index (χ1v) is 10.8. The van der Waals surface area contributed by atoms with E-state index in [0.717, 1.165) is 29.7 Å². The first-order chi connectivity index (χ1) is 13.2. The van der Waals surface area contributed by atoms with Crippen LogP contribution in [0.1, 0.15) is 36.0 Å². The predicted octanol–water partition coefficient (Wildman–Crippen LogP) is 3.94. The Labute approximate surface area is 166 Å². The smallest absolute Gasteiger partial charge is 0.262 e. The Balaban J connectivity index is 1.94. The average molecular weight is 403 g/mol. The summed E-state index contributed by atoms with van der Waals surface area (Å²) >= 11 is 0. The van der Waals surface area contributed by atoms with Gasteiger partial charge in [0.2, 0.25) is 5.91 Å². The van der Waals surface area contributed by atoms with Gasteiger partial charge in [0.05, 0.1) is 17.7 Å². The molecule has 1 amide bonds. The lowest BCUT2D eigenvalue weighted by molar-refractivity contribution is -0.119. The zero-order valence-corrected chi connectivity index (χ0v) is 17.5. The van der Waals surface area contributed by atoms with E-state index < -0.39 is 10.0 Å². The molecule has 0 aromatic heterocycles. The summed E-state index contributed by atoms with van der Waals surface area (Å²) in [7, 11) is -2.21. The van der Waals surface area contributed by atoms with E-state index in [1.807, 2.05) is 19.9 Å². The second-order valence-electron chi connectivity index (χ2n) is 7.20. The van der Waals surface area contributed by atoms with Crippen LogP contribution in [-0.2, 0) is 14.8 Å². The van der Waals surface area contributed by atoms with Gasteiger partial charge in [0.1, 0.15) is 5.75 Å². The molecule has 0 saturated carbocycles. The molecule has 0 unspecified atom stereocenters. The summed E-state index contributed by atoms with van der Waals surface area (Å²) in [6.07, 6.45) is 2.38. The van der Waals surface area contributed by atoms with Crippen LogP contribution in [-0.4, -0.2) is 28.0 Å². The van der Waals surface area contributed by atoms with Gasteiger partial charge < -0.3 is 9.64 Å². The highest BCUT2D eigenvalue weighted by molar-refractivity contribution is 7.92. The normalized spacial score (nSPS) is 14.9. The summed E-state index contributed by atoms with van der Waals surface area (Å²) < 4.78 is 33.9. The lowest BCUT2D eigenvalue weighted by Crippen LogP contribution is -2.35. The number of ether oxygens (including phenoxy) is 1. The molecule has 7 heteroatoms. The van der Waals surface area contributed by atoms with Gasteiger partial charge in [-0.15, -0.1) is 0 Å². The number of nitrogens with one attached hydrogen (secondary N) is 1. The van der Waals surface area contributed by atoms with Gasteiger partial charge in [-0.2, -0.15) is 0 Å². The van der Waals surface area contributed by atoms with Crippen LogP contribution in [0.5, 0.6) is 5.75 Å². The van der Waals surface area contributed by atoms with Crippen molar-refractivity contribution in [3.8, 4) is 5.75 Å². The fourth-order valence-corrected chi connectivity index (χ4v) is 4.87. The highest BCUT2D eigenvalue weighted by Crippen LogP contribution is 2.30. The molecule has 0 bridgehead atoms. The van der Waals surface area contributed by atoms with Crippen molar-refractivity contribution >= 4 is 27.3 Å². The fourth-order valence-electron chi connectivity index (χ4n) is 3.51. The summed E-state index contributed by atoms with van der Waals surface area (Å²) in [5.41, 5.74) is 3.49. The maximum absolute atomic E-state index is 13.0. The maximum atomic E-state index is 13.0. The molecule has 1 fully saturated rings. The summed E-state index contributed by atoms with van der Waals surface area (Å²) in [6.45, 7) is 6.13. The molecule has 3 rings (SSSR count). The van der Waals surface area contributed by atoms with Gasteiger partial charge in [0.25, 0.3) is 10.0 Å². The minimum atomic E-state index is -3.77. The molecule has 6 nitrogen and oxygen atoms in total. The van der Waals surface area contributed by atoms with Crippen molar-refractivity contribution in [2.75, 3.05) is 23.3 Å². The first-order valence-electron chi connectivity index (χ1n) is 9.32. The molecule has 1 aliphatic heterocycles. The van der Waals surface area contributed by atoms with Crippen LogP contribution in [0.15, 0.2) is 35.2 Å². The highest BCUT2D eigenvalue weighted by Gasteiger charge is 2.23. The number of anilines is 2. The van der Waals surface area contributed by atoms with E-state index in [1.54, 1.807) is 43.2 Å². The van der Waals surface area contributed by atoms with Crippen molar-refractivity contribution in [2.45, 2.75) is 44.9 Å². The SMILES string of the molecule is COc1cc(C)c(S(=O)(=O)Nc2ccc(C)c(N3CCCCC3=O)c2)cc1C. The van der Waals surface area contributed by atoms with Crippen LogP contribution in [0.25, 0.3) is 0 Å². The molecule has 0 aliphatic carbocycles. The molecule has 1 aliphatic rings. The molecular weight excluding hydrogens is 376 g/mol. The molecule has 1 heterocycles. The van der Waals surface area contributed by atoms with Crippen LogP contribution < -0.4 is 14.4 Å². The number of sulfonamides is 1. The number of carbonyl (C=O) groups excluding carboxylic acids is 1. The number of hydrogen-bond donors (Lipinski definition) is 1. The molecule has 0 atom stereocenters. The Morgan fingerprint density at radius 3 is 2.43 bits per heavy atom. The van der Waals surface area contributed by atoms with Gasteiger partial charge in [0, 0.05) is 18.7 Å². The Morgan fingerprint density at radius 2 is 1.75 bits per heavy atom. The second kappa shape index (κ2) is 7.83. The molecule has 1 saturated heterocycles. The molecule has 2 aromatic rings. The van der Waals surface area contributed by atoms with Crippen LogP contribution in [0.2, 0.25) is 0 Å². The summed E-state index contributed by atoms with van der Waals surface area (Å²) in [5.74, 6) is 0.730. The van der Waals surface area contributed by atoms with Crippen molar-refractivity contribution in [3.63, 3.8) is 0 Å². The second-order valence-corrected chi connectivity index (χ2v) is 8.85. The third-order valence-corrected chi connectivity index (χ3v) is 6.58. The van der Waals surface area contributed by atoms with Crippen LogP contribution in [0.3, 0.4) is 0 Å². The standard InChI is InChI=1S/C21H26N2O4S/c1-14-8-9-17(13-18(14)23-10-6-5-7-21(23)24)22-28(25,26)20-12-15(2)19(27-4)11-16(20)3/h8-9,11-13,22H,5-7,10H2,1-4H3. The van der Waals surface area contributed by atoms with Gasteiger partial charge in [-0.25, -0.2) is 8.42 Å². The van der Waals surface area contributed by atoms with Crippen LogP contribution in [0.4, 0.5) is 11.4 Å². The number of carbonyl (C=O) groups is 1. The third kappa shape index (κ3) is 3.99. The Morgan fingerprint density at radius 1 is 1.00 bits per heavy atom. The third-order valence-electron chi connectivity index (χ3n) is 5.06. The number of nitrogens with zero attached hydrogens (tertiary/aromatic N) is 1. The van der Waals surface area contributed by atoms with Gasteiger partial charge >= 0.3 is 0 Å². The van der Waals surface area contributed by atoms with Gasteiger partial charge in [-0.3, -0.25) is 9.52 Å². The van der Waals surface area contributed by atoms with E-state index in [0.29, 0.717) is 30.0 Å². The zero-order valence-electron chi connectivity index (χ0n) is 16.7. The number of aryl methyl sites for hydroxylation is 3. The monoisotopic (exact) mass is 402 g/mol. The van der Waals surface area contributed by atoms with E-state index in [4.69, 9.17) is 4.74 Å². The summed E-state index contributed by atoms with van der Waals surface area (Å²) in [6, 6.07) is 8.62. The van der Waals surface area contributed by atoms with Crippen LogP contribution in [0, 0.1) is 20.8 Å². The van der Waals surface area contributed by atoms with Gasteiger partial charge in [-0.05, 0) is 74.6 Å². The van der Waals surface area contributed by atoms with Crippen LogP contribution >= 0.6 is 0 Å². The molecule has 150 valence electrons. The maximum Gasteiger partial charge on any atom is 0.262 e. The Kier molecular flexibility index (Phi) is 5.65. The number of amides is 1. The highest BCUT2D eigenvalue weighted by atomic mass is 32.2. The fraction of sp³-hybridized carbons (Fsp3) is 0.381. The van der Waals surface area contributed by atoms with Crippen molar-refractivity contribution in [3.05, 3.63) is 47.0 Å². The van der Waals surface area contributed by atoms with Crippen molar-refractivity contribution in [2.24, 2.45) is 0 Å². The number of rotatable bonds is 5. The lowest BCUT2D eigenvalue weighted by Gasteiger charge is -2.28. The van der Waals surface area contributed by atoms with E-state index >= 15 is 0 Å². The Bertz CT molecular complexity index is 1020. The predicted molar refractivity (Wildman–Crippen MR) is 111 cm³/mol. The number of benzene rings is 2.